The number of hydrogen-bond donors (Lipinski definition) is 1. The number of anilines is 1. The van der Waals surface area contributed by atoms with Gasteiger partial charge in [-0.2, -0.15) is 0 Å². The quantitative estimate of drug-likeness (QED) is 0.715. The summed E-state index contributed by atoms with van der Waals surface area (Å²) in [5.41, 5.74) is 7.39. The molecule has 0 saturated carbocycles. The zero-order valence-corrected chi connectivity index (χ0v) is 9.95. The van der Waals surface area contributed by atoms with Crippen molar-refractivity contribution in [1.82, 2.24) is 4.98 Å². The average molecular weight is 210 g/mol. The van der Waals surface area contributed by atoms with E-state index < -0.39 is 0 Å². The maximum absolute atomic E-state index is 5.72. The number of thiazole rings is 1. The minimum absolute atomic E-state index is 0.413. The van der Waals surface area contributed by atoms with Crippen molar-refractivity contribution in [2.45, 2.75) is 40.0 Å². The van der Waals surface area contributed by atoms with Gasteiger partial charge in [-0.1, -0.05) is 20.8 Å². The van der Waals surface area contributed by atoms with E-state index in [4.69, 9.17) is 5.73 Å². The van der Waals surface area contributed by atoms with Crippen molar-refractivity contribution in [2.24, 2.45) is 11.3 Å². The normalized spacial score (nSPS) is 22.1. The summed E-state index contributed by atoms with van der Waals surface area (Å²) < 4.78 is 0. The molecule has 1 atom stereocenters. The van der Waals surface area contributed by atoms with Gasteiger partial charge in [0.2, 0.25) is 0 Å². The predicted molar refractivity (Wildman–Crippen MR) is 61.5 cm³/mol. The lowest BCUT2D eigenvalue weighted by atomic mass is 9.73. The Bertz CT molecular complexity index is 336. The standard InChI is InChI=1S/C11H18N2S/c1-11(2,3)7-4-5-8-9(6-7)14-10(12)13-8/h7H,4-6H2,1-3H3,(H2,12,13)/t7-/m1/s1. The highest BCUT2D eigenvalue weighted by atomic mass is 32.1. The Morgan fingerprint density at radius 1 is 1.43 bits per heavy atom. The first-order valence-corrected chi connectivity index (χ1v) is 6.02. The van der Waals surface area contributed by atoms with Gasteiger partial charge in [-0.05, 0) is 30.6 Å². The molecule has 0 aliphatic heterocycles. The van der Waals surface area contributed by atoms with E-state index in [9.17, 15) is 0 Å². The Labute approximate surface area is 89.5 Å². The molecular formula is C11H18N2S. The van der Waals surface area contributed by atoms with Crippen LogP contribution in [-0.4, -0.2) is 4.98 Å². The van der Waals surface area contributed by atoms with Crippen molar-refractivity contribution in [3.63, 3.8) is 0 Å². The number of aryl methyl sites for hydroxylation is 1. The van der Waals surface area contributed by atoms with E-state index in [2.05, 4.69) is 25.8 Å². The minimum atomic E-state index is 0.413. The highest BCUT2D eigenvalue weighted by molar-refractivity contribution is 7.15. The van der Waals surface area contributed by atoms with Crippen molar-refractivity contribution in [1.29, 1.82) is 0 Å². The average Bonchev–Trinajstić information content (AvgIpc) is 2.41. The zero-order chi connectivity index (χ0) is 10.3. The molecule has 14 heavy (non-hydrogen) atoms. The Kier molecular flexibility index (Phi) is 2.30. The predicted octanol–water partition coefficient (Wildman–Crippen LogP) is 2.88. The first-order chi connectivity index (χ1) is 6.47. The van der Waals surface area contributed by atoms with Crippen molar-refractivity contribution in [2.75, 3.05) is 5.73 Å². The molecule has 0 fully saturated rings. The molecule has 0 spiro atoms. The Morgan fingerprint density at radius 3 is 2.79 bits per heavy atom. The van der Waals surface area contributed by atoms with Crippen molar-refractivity contribution in [3.05, 3.63) is 10.6 Å². The Hall–Kier alpha value is -0.570. The molecule has 0 aromatic carbocycles. The summed E-state index contributed by atoms with van der Waals surface area (Å²) in [5.74, 6) is 0.787. The lowest BCUT2D eigenvalue weighted by Crippen LogP contribution is -2.26. The fourth-order valence-electron chi connectivity index (χ4n) is 2.13. The van der Waals surface area contributed by atoms with Crippen LogP contribution < -0.4 is 5.73 Å². The second-order valence-corrected chi connectivity index (χ2v) is 6.34. The largest absolute Gasteiger partial charge is 0.375 e. The molecule has 0 unspecified atom stereocenters. The van der Waals surface area contributed by atoms with E-state index in [1.54, 1.807) is 11.3 Å². The molecule has 2 rings (SSSR count). The second kappa shape index (κ2) is 3.23. The summed E-state index contributed by atoms with van der Waals surface area (Å²) in [6.07, 6.45) is 3.55. The summed E-state index contributed by atoms with van der Waals surface area (Å²) in [4.78, 5) is 5.79. The first-order valence-electron chi connectivity index (χ1n) is 5.21. The molecule has 1 aliphatic carbocycles. The third-order valence-corrected chi connectivity index (χ3v) is 4.13. The van der Waals surface area contributed by atoms with Crippen LogP contribution in [0.3, 0.4) is 0 Å². The Balaban J connectivity index is 2.21. The molecule has 0 radical (unpaired) electrons. The number of hydrogen-bond acceptors (Lipinski definition) is 3. The molecule has 1 aromatic rings. The molecule has 3 heteroatoms. The monoisotopic (exact) mass is 210 g/mol. The van der Waals surface area contributed by atoms with Gasteiger partial charge in [0.25, 0.3) is 0 Å². The van der Waals surface area contributed by atoms with Crippen LogP contribution in [0.15, 0.2) is 0 Å². The number of nitrogens with two attached hydrogens (primary N) is 1. The Morgan fingerprint density at radius 2 is 2.14 bits per heavy atom. The topological polar surface area (TPSA) is 38.9 Å². The van der Waals surface area contributed by atoms with Crippen LogP contribution in [0.5, 0.6) is 0 Å². The minimum Gasteiger partial charge on any atom is -0.375 e. The van der Waals surface area contributed by atoms with Crippen LogP contribution >= 0.6 is 11.3 Å². The van der Waals surface area contributed by atoms with Gasteiger partial charge in [0.15, 0.2) is 5.13 Å². The lowest BCUT2D eigenvalue weighted by Gasteiger charge is -2.33. The summed E-state index contributed by atoms with van der Waals surface area (Å²) in [6, 6.07) is 0. The molecular weight excluding hydrogens is 192 g/mol. The van der Waals surface area contributed by atoms with Crippen LogP contribution in [0, 0.1) is 11.3 Å². The number of nitrogens with zero attached hydrogens (tertiary/aromatic N) is 1. The molecule has 2 N–H and O–H groups in total. The van der Waals surface area contributed by atoms with Gasteiger partial charge in [0.05, 0.1) is 5.69 Å². The maximum Gasteiger partial charge on any atom is 0.180 e. The number of nitrogen functional groups attached to an aromatic ring is 1. The highest BCUT2D eigenvalue weighted by Gasteiger charge is 2.30. The first kappa shape index (κ1) is 9.97. The fraction of sp³-hybridized carbons (Fsp3) is 0.727. The molecule has 1 aliphatic rings. The summed E-state index contributed by atoms with van der Waals surface area (Å²) in [7, 11) is 0. The van der Waals surface area contributed by atoms with E-state index in [0.717, 1.165) is 17.5 Å². The third kappa shape index (κ3) is 1.78. The van der Waals surface area contributed by atoms with Crippen LogP contribution in [0.2, 0.25) is 0 Å². The third-order valence-electron chi connectivity index (χ3n) is 3.18. The van der Waals surface area contributed by atoms with Crippen molar-refractivity contribution < 1.29 is 0 Å². The second-order valence-electron chi connectivity index (χ2n) is 5.23. The number of rotatable bonds is 0. The van der Waals surface area contributed by atoms with Crippen molar-refractivity contribution >= 4 is 16.5 Å². The van der Waals surface area contributed by atoms with Crippen LogP contribution in [0.1, 0.15) is 37.8 Å². The SMILES string of the molecule is CC(C)(C)[C@@H]1CCc2nc(N)sc2C1. The number of fused-ring (bicyclic) bond motifs is 1. The highest BCUT2D eigenvalue weighted by Crippen LogP contribution is 2.39. The molecule has 78 valence electrons. The fourth-order valence-corrected chi connectivity index (χ4v) is 3.09. The van der Waals surface area contributed by atoms with Gasteiger partial charge in [-0.15, -0.1) is 11.3 Å². The zero-order valence-electron chi connectivity index (χ0n) is 9.13. The van der Waals surface area contributed by atoms with Gasteiger partial charge in [-0.25, -0.2) is 4.98 Å². The van der Waals surface area contributed by atoms with Gasteiger partial charge in [-0.3, -0.25) is 0 Å². The molecule has 0 bridgehead atoms. The molecule has 1 aromatic heterocycles. The van der Waals surface area contributed by atoms with E-state index >= 15 is 0 Å². The lowest BCUT2D eigenvalue weighted by molar-refractivity contribution is 0.217. The summed E-state index contributed by atoms with van der Waals surface area (Å²) in [5, 5.41) is 0.740. The molecule has 0 amide bonds. The van der Waals surface area contributed by atoms with E-state index in [1.807, 2.05) is 0 Å². The molecule has 1 heterocycles. The maximum atomic E-state index is 5.72. The van der Waals surface area contributed by atoms with E-state index in [1.165, 1.54) is 23.4 Å². The molecule has 2 nitrogen and oxygen atoms in total. The van der Waals surface area contributed by atoms with Gasteiger partial charge < -0.3 is 5.73 Å². The molecule has 0 saturated heterocycles. The van der Waals surface area contributed by atoms with Crippen LogP contribution in [0.4, 0.5) is 5.13 Å². The van der Waals surface area contributed by atoms with Gasteiger partial charge in [0, 0.05) is 4.88 Å². The van der Waals surface area contributed by atoms with Crippen LogP contribution in [0.25, 0.3) is 0 Å². The van der Waals surface area contributed by atoms with Crippen LogP contribution in [-0.2, 0) is 12.8 Å². The van der Waals surface area contributed by atoms with E-state index in [-0.39, 0.29) is 0 Å². The number of aromatic nitrogens is 1. The summed E-state index contributed by atoms with van der Waals surface area (Å²) in [6.45, 7) is 6.98. The van der Waals surface area contributed by atoms with E-state index in [0.29, 0.717) is 5.41 Å². The smallest absolute Gasteiger partial charge is 0.180 e. The summed E-state index contributed by atoms with van der Waals surface area (Å²) >= 11 is 1.68. The van der Waals surface area contributed by atoms with Gasteiger partial charge >= 0.3 is 0 Å². The van der Waals surface area contributed by atoms with Gasteiger partial charge in [0.1, 0.15) is 0 Å². The van der Waals surface area contributed by atoms with Crippen molar-refractivity contribution in [3.8, 4) is 0 Å².